The average Bonchev–Trinajstić information content (AvgIpc) is 2.82. The minimum absolute atomic E-state index is 0.0125. The number of ether oxygens (including phenoxy) is 2. The number of benzene rings is 1. The number of amides is 1. The van der Waals surface area contributed by atoms with E-state index >= 15 is 0 Å². The van der Waals surface area contributed by atoms with Crippen LogP contribution in [0.1, 0.15) is 32.2 Å². The standard InChI is InChI=1S/C17H21N3O5/c1-10-7-15-16(8-14(10)18-11(2)21)20(5-6-24-12(3)22)17(19-15)9-25-13(4)23/h7-8H,5-6,9H2,1-4H3,(H,18,21). The van der Waals surface area contributed by atoms with E-state index in [0.717, 1.165) is 11.1 Å². The number of imidazole rings is 1. The smallest absolute Gasteiger partial charge is 0.303 e. The highest BCUT2D eigenvalue weighted by Gasteiger charge is 2.15. The first-order valence-electron chi connectivity index (χ1n) is 7.82. The number of fused-ring (bicyclic) bond motifs is 1. The van der Waals surface area contributed by atoms with E-state index in [1.54, 1.807) is 0 Å². The molecule has 0 fully saturated rings. The van der Waals surface area contributed by atoms with E-state index in [1.165, 1.54) is 20.8 Å². The van der Waals surface area contributed by atoms with E-state index in [2.05, 4.69) is 10.3 Å². The number of aromatic nitrogens is 2. The molecule has 0 saturated carbocycles. The SMILES string of the molecule is CC(=O)Nc1cc2c(cc1C)nc(COC(C)=O)n2CCOC(C)=O. The monoisotopic (exact) mass is 347 g/mol. The van der Waals surface area contributed by atoms with Gasteiger partial charge in [-0.1, -0.05) is 0 Å². The molecule has 1 heterocycles. The first-order valence-corrected chi connectivity index (χ1v) is 7.82. The molecule has 2 rings (SSSR count). The lowest BCUT2D eigenvalue weighted by Crippen LogP contribution is -2.13. The van der Waals surface area contributed by atoms with Crippen molar-refractivity contribution in [3.8, 4) is 0 Å². The number of hydrogen-bond donors (Lipinski definition) is 1. The molecule has 2 aromatic rings. The zero-order valence-electron chi connectivity index (χ0n) is 14.7. The van der Waals surface area contributed by atoms with Crippen molar-refractivity contribution in [2.75, 3.05) is 11.9 Å². The molecule has 1 aromatic heterocycles. The molecule has 1 aromatic carbocycles. The Morgan fingerprint density at radius 1 is 1.12 bits per heavy atom. The lowest BCUT2D eigenvalue weighted by atomic mass is 10.1. The quantitative estimate of drug-likeness (QED) is 0.802. The highest BCUT2D eigenvalue weighted by atomic mass is 16.5. The van der Waals surface area contributed by atoms with Crippen LogP contribution in [0.2, 0.25) is 0 Å². The summed E-state index contributed by atoms with van der Waals surface area (Å²) in [7, 11) is 0. The summed E-state index contributed by atoms with van der Waals surface area (Å²) in [6, 6.07) is 3.66. The minimum Gasteiger partial charge on any atom is -0.464 e. The molecule has 1 N–H and O–H groups in total. The normalized spacial score (nSPS) is 10.6. The number of aryl methyl sites for hydroxylation is 1. The molecule has 8 nitrogen and oxygen atoms in total. The van der Waals surface area contributed by atoms with Crippen LogP contribution in [0.25, 0.3) is 11.0 Å². The highest BCUT2D eigenvalue weighted by molar-refractivity contribution is 5.93. The van der Waals surface area contributed by atoms with Gasteiger partial charge in [0.25, 0.3) is 0 Å². The zero-order chi connectivity index (χ0) is 18.6. The molecular weight excluding hydrogens is 326 g/mol. The van der Waals surface area contributed by atoms with Crippen LogP contribution in [0, 0.1) is 6.92 Å². The van der Waals surface area contributed by atoms with Crippen molar-refractivity contribution in [3.63, 3.8) is 0 Å². The summed E-state index contributed by atoms with van der Waals surface area (Å²) in [5, 5.41) is 2.78. The summed E-state index contributed by atoms with van der Waals surface area (Å²) in [5.74, 6) is -0.417. The topological polar surface area (TPSA) is 99.5 Å². The van der Waals surface area contributed by atoms with Gasteiger partial charge in [0.05, 0.1) is 17.6 Å². The van der Waals surface area contributed by atoms with Crippen molar-refractivity contribution in [3.05, 3.63) is 23.5 Å². The van der Waals surface area contributed by atoms with Gasteiger partial charge in [0.2, 0.25) is 5.91 Å². The largest absolute Gasteiger partial charge is 0.464 e. The molecule has 0 saturated heterocycles. The fourth-order valence-corrected chi connectivity index (χ4v) is 2.46. The van der Waals surface area contributed by atoms with Crippen LogP contribution < -0.4 is 5.32 Å². The zero-order valence-corrected chi connectivity index (χ0v) is 14.7. The van der Waals surface area contributed by atoms with Crippen molar-refractivity contribution < 1.29 is 23.9 Å². The van der Waals surface area contributed by atoms with Crippen LogP contribution >= 0.6 is 0 Å². The van der Waals surface area contributed by atoms with Gasteiger partial charge in [-0.25, -0.2) is 4.98 Å². The molecule has 0 aliphatic carbocycles. The summed E-state index contributed by atoms with van der Waals surface area (Å²) >= 11 is 0. The van der Waals surface area contributed by atoms with E-state index in [9.17, 15) is 14.4 Å². The van der Waals surface area contributed by atoms with Crippen molar-refractivity contribution >= 4 is 34.6 Å². The molecule has 134 valence electrons. The van der Waals surface area contributed by atoms with Crippen LogP contribution in [0.4, 0.5) is 5.69 Å². The first kappa shape index (κ1) is 18.4. The third kappa shape index (κ3) is 4.79. The second-order valence-corrected chi connectivity index (χ2v) is 5.64. The lowest BCUT2D eigenvalue weighted by Gasteiger charge is -2.11. The van der Waals surface area contributed by atoms with E-state index in [-0.39, 0.29) is 25.1 Å². The maximum atomic E-state index is 11.4. The number of rotatable bonds is 6. The van der Waals surface area contributed by atoms with Gasteiger partial charge >= 0.3 is 11.9 Å². The summed E-state index contributed by atoms with van der Waals surface area (Å²) in [6.45, 7) is 6.50. The Morgan fingerprint density at radius 2 is 1.80 bits per heavy atom. The van der Waals surface area contributed by atoms with Gasteiger partial charge in [-0.15, -0.1) is 0 Å². The van der Waals surface area contributed by atoms with Crippen LogP contribution in [0.15, 0.2) is 12.1 Å². The molecule has 0 unspecified atom stereocenters. The molecule has 0 aliphatic rings. The fourth-order valence-electron chi connectivity index (χ4n) is 2.46. The predicted octanol–water partition coefficient (Wildman–Crippen LogP) is 1.93. The van der Waals surface area contributed by atoms with Gasteiger partial charge in [-0.2, -0.15) is 0 Å². The predicted molar refractivity (Wildman–Crippen MR) is 90.9 cm³/mol. The summed E-state index contributed by atoms with van der Waals surface area (Å²) in [6.07, 6.45) is 0. The molecule has 0 aliphatic heterocycles. The Hall–Kier alpha value is -2.90. The number of carbonyl (C=O) groups is 3. The van der Waals surface area contributed by atoms with Crippen molar-refractivity contribution in [2.24, 2.45) is 0 Å². The van der Waals surface area contributed by atoms with E-state index < -0.39 is 5.97 Å². The van der Waals surface area contributed by atoms with Crippen LogP contribution in [0.3, 0.4) is 0 Å². The average molecular weight is 347 g/mol. The molecule has 8 heteroatoms. The van der Waals surface area contributed by atoms with Crippen LogP contribution in [0.5, 0.6) is 0 Å². The van der Waals surface area contributed by atoms with Crippen LogP contribution in [-0.4, -0.2) is 34.0 Å². The summed E-state index contributed by atoms with van der Waals surface area (Å²) < 4.78 is 11.9. The van der Waals surface area contributed by atoms with E-state index in [4.69, 9.17) is 9.47 Å². The Kier molecular flexibility index (Phi) is 5.74. The van der Waals surface area contributed by atoms with Gasteiger partial charge in [-0.05, 0) is 24.6 Å². The van der Waals surface area contributed by atoms with E-state index in [1.807, 2.05) is 23.6 Å². The molecule has 25 heavy (non-hydrogen) atoms. The summed E-state index contributed by atoms with van der Waals surface area (Å²) in [5.41, 5.74) is 3.00. The fraction of sp³-hybridized carbons (Fsp3) is 0.412. The van der Waals surface area contributed by atoms with Gasteiger partial charge in [0, 0.05) is 26.5 Å². The number of nitrogens with one attached hydrogen (secondary N) is 1. The Morgan fingerprint density at radius 3 is 2.40 bits per heavy atom. The van der Waals surface area contributed by atoms with Crippen molar-refractivity contribution in [1.82, 2.24) is 9.55 Å². The maximum absolute atomic E-state index is 11.4. The third-order valence-corrected chi connectivity index (χ3v) is 3.51. The molecular formula is C17H21N3O5. The molecule has 0 atom stereocenters. The Labute approximate surface area is 145 Å². The van der Waals surface area contributed by atoms with Gasteiger partial charge in [0.1, 0.15) is 19.0 Å². The lowest BCUT2D eigenvalue weighted by molar-refractivity contribution is -0.142. The second-order valence-electron chi connectivity index (χ2n) is 5.64. The molecule has 0 bridgehead atoms. The number of carbonyl (C=O) groups excluding carboxylic acids is 3. The van der Waals surface area contributed by atoms with Gasteiger partial charge in [0.15, 0.2) is 0 Å². The molecule has 1 amide bonds. The number of esters is 2. The van der Waals surface area contributed by atoms with Crippen molar-refractivity contribution in [2.45, 2.75) is 40.8 Å². The molecule has 0 radical (unpaired) electrons. The number of anilines is 1. The Bertz CT molecular complexity index is 825. The van der Waals surface area contributed by atoms with Gasteiger partial charge < -0.3 is 19.4 Å². The van der Waals surface area contributed by atoms with E-state index in [0.29, 0.717) is 23.6 Å². The van der Waals surface area contributed by atoms with Crippen molar-refractivity contribution in [1.29, 1.82) is 0 Å². The maximum Gasteiger partial charge on any atom is 0.303 e. The third-order valence-electron chi connectivity index (χ3n) is 3.51. The first-order chi connectivity index (χ1) is 11.8. The second kappa shape index (κ2) is 7.78. The Balaban J connectivity index is 2.43. The summed E-state index contributed by atoms with van der Waals surface area (Å²) in [4.78, 5) is 38.0. The van der Waals surface area contributed by atoms with Crippen LogP contribution in [-0.2, 0) is 37.0 Å². The number of hydrogen-bond acceptors (Lipinski definition) is 6. The molecule has 0 spiro atoms. The highest BCUT2D eigenvalue weighted by Crippen LogP contribution is 2.25. The van der Waals surface area contributed by atoms with Gasteiger partial charge in [-0.3, -0.25) is 14.4 Å². The minimum atomic E-state index is -0.409. The number of nitrogens with zero attached hydrogens (tertiary/aromatic N) is 2.